The van der Waals surface area contributed by atoms with Crippen molar-refractivity contribution in [2.24, 2.45) is 17.6 Å². The lowest BCUT2D eigenvalue weighted by Gasteiger charge is -2.49. The van der Waals surface area contributed by atoms with E-state index in [1.807, 2.05) is 20.8 Å². The van der Waals surface area contributed by atoms with Crippen LogP contribution >= 0.6 is 0 Å². The van der Waals surface area contributed by atoms with Gasteiger partial charge in [0, 0.05) is 6.42 Å². The Balaban J connectivity index is 2.37. The fraction of sp³-hybridized carbons (Fsp3) is 0.917. The zero-order valence-electron chi connectivity index (χ0n) is 10.6. The lowest BCUT2D eigenvalue weighted by Crippen LogP contribution is -2.66. The minimum Gasteiger partial charge on any atom is -0.386 e. The molecule has 0 spiro atoms. The Morgan fingerprint density at radius 3 is 2.44 bits per heavy atom. The van der Waals surface area contributed by atoms with Gasteiger partial charge in [-0.25, -0.2) is 0 Å². The van der Waals surface area contributed by atoms with Gasteiger partial charge >= 0.3 is 0 Å². The van der Waals surface area contributed by atoms with Gasteiger partial charge in [-0.05, 0) is 18.4 Å². The predicted octanol–water partition coefficient (Wildman–Crippen LogP) is 0.591. The second kappa shape index (κ2) is 5.15. The molecule has 1 saturated heterocycles. The number of hydrogen-bond acceptors (Lipinski definition) is 3. The molecule has 0 radical (unpaired) electrons. The predicted molar refractivity (Wildman–Crippen MR) is 63.8 cm³/mol. The quantitative estimate of drug-likeness (QED) is 0.724. The van der Waals surface area contributed by atoms with E-state index in [-0.39, 0.29) is 17.7 Å². The number of nitrogens with two attached hydrogens (primary N) is 1. The molecule has 4 heteroatoms. The van der Waals surface area contributed by atoms with Crippen LogP contribution in [0.25, 0.3) is 0 Å². The first-order valence-corrected chi connectivity index (χ1v) is 6.13. The Kier molecular flexibility index (Phi) is 4.33. The van der Waals surface area contributed by atoms with Crippen LogP contribution in [0.2, 0.25) is 0 Å². The summed E-state index contributed by atoms with van der Waals surface area (Å²) < 4.78 is 0. The van der Waals surface area contributed by atoms with E-state index < -0.39 is 5.60 Å². The molecule has 0 aliphatic carbocycles. The average molecular weight is 228 g/mol. The molecule has 1 heterocycles. The molecule has 1 rings (SSSR count). The summed E-state index contributed by atoms with van der Waals surface area (Å²) in [7, 11) is 0. The number of β-amino-alcohol motifs (C(OH)–C–C–N with tert-alkyl or cyclic N) is 1. The normalized spacial score (nSPS) is 20.8. The van der Waals surface area contributed by atoms with E-state index in [4.69, 9.17) is 5.73 Å². The third-order valence-electron chi connectivity index (χ3n) is 3.73. The highest BCUT2D eigenvalue weighted by atomic mass is 16.3. The van der Waals surface area contributed by atoms with Gasteiger partial charge in [0.25, 0.3) is 0 Å². The van der Waals surface area contributed by atoms with Gasteiger partial charge in [-0.1, -0.05) is 27.2 Å². The molecule has 94 valence electrons. The van der Waals surface area contributed by atoms with E-state index in [1.165, 1.54) is 0 Å². The summed E-state index contributed by atoms with van der Waals surface area (Å²) in [5, 5.41) is 10.0. The number of hydrogen-bond donors (Lipinski definition) is 2. The first-order chi connectivity index (χ1) is 7.42. The Labute approximate surface area is 97.8 Å². The van der Waals surface area contributed by atoms with Crippen LogP contribution in [0.5, 0.6) is 0 Å². The van der Waals surface area contributed by atoms with Gasteiger partial charge in [0.1, 0.15) is 5.60 Å². The molecule has 0 aromatic heterocycles. The fourth-order valence-corrected chi connectivity index (χ4v) is 1.93. The Morgan fingerprint density at radius 2 is 2.06 bits per heavy atom. The first kappa shape index (κ1) is 13.5. The summed E-state index contributed by atoms with van der Waals surface area (Å²) in [5.74, 6) is 0.607. The average Bonchev–Trinajstić information content (AvgIpc) is 2.20. The summed E-state index contributed by atoms with van der Waals surface area (Å²) >= 11 is 0. The molecular formula is C12H24N2O2. The van der Waals surface area contributed by atoms with E-state index in [0.717, 1.165) is 6.42 Å². The number of nitrogens with zero attached hydrogens (tertiary/aromatic N) is 1. The zero-order chi connectivity index (χ0) is 12.3. The van der Waals surface area contributed by atoms with Gasteiger partial charge < -0.3 is 15.7 Å². The Bertz CT molecular complexity index is 243. The molecule has 0 saturated carbocycles. The van der Waals surface area contributed by atoms with Crippen molar-refractivity contribution in [1.29, 1.82) is 0 Å². The smallest absolute Gasteiger partial charge is 0.223 e. The van der Waals surface area contributed by atoms with E-state index in [1.54, 1.807) is 4.90 Å². The van der Waals surface area contributed by atoms with Crippen molar-refractivity contribution < 1.29 is 9.90 Å². The third kappa shape index (κ3) is 2.74. The number of rotatable bonds is 5. The topological polar surface area (TPSA) is 66.6 Å². The third-order valence-corrected chi connectivity index (χ3v) is 3.73. The van der Waals surface area contributed by atoms with Crippen molar-refractivity contribution in [3.63, 3.8) is 0 Å². The Morgan fingerprint density at radius 1 is 1.50 bits per heavy atom. The van der Waals surface area contributed by atoms with Crippen LogP contribution < -0.4 is 5.73 Å². The number of aliphatic hydroxyl groups is 1. The van der Waals surface area contributed by atoms with E-state index in [2.05, 4.69) is 0 Å². The minimum atomic E-state index is -0.667. The van der Waals surface area contributed by atoms with Gasteiger partial charge in [0.2, 0.25) is 5.91 Å². The number of likely N-dealkylation sites (tertiary alicyclic amines) is 1. The molecule has 0 bridgehead atoms. The standard InChI is InChI=1S/C12H24N2O2/c1-4-10(6-13)5-11(15)14-7-12(16,8-14)9(2)3/h9-10,16H,4-8,13H2,1-3H3. The molecule has 0 aromatic rings. The molecule has 3 N–H and O–H groups in total. The SMILES string of the molecule is CCC(CN)CC(=O)N1CC(O)(C(C)C)C1. The highest BCUT2D eigenvalue weighted by Gasteiger charge is 2.45. The monoisotopic (exact) mass is 228 g/mol. The Hall–Kier alpha value is -0.610. The molecule has 1 aliphatic heterocycles. The van der Waals surface area contributed by atoms with Crippen molar-refractivity contribution in [3.8, 4) is 0 Å². The first-order valence-electron chi connectivity index (χ1n) is 6.13. The van der Waals surface area contributed by atoms with Gasteiger partial charge in [-0.3, -0.25) is 4.79 Å². The number of carbonyl (C=O) groups is 1. The van der Waals surface area contributed by atoms with Crippen LogP contribution in [0.3, 0.4) is 0 Å². The summed E-state index contributed by atoms with van der Waals surface area (Å²) in [6.07, 6.45) is 1.45. The minimum absolute atomic E-state index is 0.127. The molecule has 4 nitrogen and oxygen atoms in total. The largest absolute Gasteiger partial charge is 0.386 e. The van der Waals surface area contributed by atoms with Crippen LogP contribution in [-0.2, 0) is 4.79 Å². The maximum Gasteiger partial charge on any atom is 0.223 e. The van der Waals surface area contributed by atoms with Crippen LogP contribution in [0.4, 0.5) is 0 Å². The van der Waals surface area contributed by atoms with E-state index >= 15 is 0 Å². The number of carbonyl (C=O) groups excluding carboxylic acids is 1. The molecule has 1 fully saturated rings. The molecule has 1 aliphatic rings. The van der Waals surface area contributed by atoms with E-state index in [0.29, 0.717) is 26.1 Å². The van der Waals surface area contributed by atoms with Crippen molar-refractivity contribution in [3.05, 3.63) is 0 Å². The van der Waals surface area contributed by atoms with Gasteiger partial charge in [0.05, 0.1) is 13.1 Å². The van der Waals surface area contributed by atoms with E-state index in [9.17, 15) is 9.90 Å². The zero-order valence-corrected chi connectivity index (χ0v) is 10.6. The summed E-state index contributed by atoms with van der Waals surface area (Å²) in [6, 6.07) is 0. The highest BCUT2D eigenvalue weighted by Crippen LogP contribution is 2.29. The van der Waals surface area contributed by atoms with Crippen molar-refractivity contribution >= 4 is 5.91 Å². The van der Waals surface area contributed by atoms with Crippen LogP contribution in [-0.4, -0.2) is 41.1 Å². The van der Waals surface area contributed by atoms with Crippen LogP contribution in [0.1, 0.15) is 33.6 Å². The second-order valence-electron chi connectivity index (χ2n) is 5.22. The second-order valence-corrected chi connectivity index (χ2v) is 5.22. The van der Waals surface area contributed by atoms with Crippen molar-refractivity contribution in [1.82, 2.24) is 4.90 Å². The summed E-state index contributed by atoms with van der Waals surface area (Å²) in [4.78, 5) is 13.6. The van der Waals surface area contributed by atoms with Crippen LogP contribution in [0, 0.1) is 11.8 Å². The molecule has 16 heavy (non-hydrogen) atoms. The maximum absolute atomic E-state index is 11.8. The molecule has 1 atom stereocenters. The lowest BCUT2D eigenvalue weighted by molar-refractivity contribution is -0.164. The number of amides is 1. The molecule has 1 amide bonds. The molecule has 0 aromatic carbocycles. The van der Waals surface area contributed by atoms with Gasteiger partial charge in [-0.15, -0.1) is 0 Å². The molecular weight excluding hydrogens is 204 g/mol. The van der Waals surface area contributed by atoms with Gasteiger partial charge in [0.15, 0.2) is 0 Å². The van der Waals surface area contributed by atoms with Crippen molar-refractivity contribution in [2.75, 3.05) is 19.6 Å². The fourth-order valence-electron chi connectivity index (χ4n) is 1.93. The highest BCUT2D eigenvalue weighted by molar-refractivity contribution is 5.77. The van der Waals surface area contributed by atoms with Gasteiger partial charge in [-0.2, -0.15) is 0 Å². The lowest BCUT2D eigenvalue weighted by atomic mass is 9.82. The molecule has 1 unspecified atom stereocenters. The van der Waals surface area contributed by atoms with Crippen molar-refractivity contribution in [2.45, 2.75) is 39.2 Å². The summed E-state index contributed by atoms with van der Waals surface area (Å²) in [5.41, 5.74) is 4.91. The maximum atomic E-state index is 11.8. The van der Waals surface area contributed by atoms with Crippen LogP contribution in [0.15, 0.2) is 0 Å². The summed E-state index contributed by atoms with van der Waals surface area (Å²) in [6.45, 7) is 7.53.